The Bertz CT molecular complexity index is 1420. The summed E-state index contributed by atoms with van der Waals surface area (Å²) in [6.45, 7) is 2.69. The van der Waals surface area contributed by atoms with Gasteiger partial charge in [0.2, 0.25) is 0 Å². The maximum atomic E-state index is 12.9. The molecule has 0 spiro atoms. The molecule has 1 aliphatic heterocycles. The molecule has 4 rings (SSSR count). The van der Waals surface area contributed by atoms with Gasteiger partial charge in [-0.05, 0) is 54.4 Å². The second-order valence-electron chi connectivity index (χ2n) is 8.55. The molecule has 0 fully saturated rings. The Hall–Kier alpha value is -4.13. The van der Waals surface area contributed by atoms with Crippen LogP contribution in [0.15, 0.2) is 63.8 Å². The molecule has 0 atom stereocenters. The molecule has 3 N–H and O–H groups in total. The summed E-state index contributed by atoms with van der Waals surface area (Å²) in [6.07, 6.45) is 5.37. The maximum absolute atomic E-state index is 12.9. The van der Waals surface area contributed by atoms with E-state index in [2.05, 4.69) is 12.2 Å². The van der Waals surface area contributed by atoms with E-state index >= 15 is 0 Å². The summed E-state index contributed by atoms with van der Waals surface area (Å²) in [5.74, 6) is -1.21. The Kier molecular flexibility index (Phi) is 7.15. The van der Waals surface area contributed by atoms with Gasteiger partial charge in [0.05, 0.1) is 5.56 Å². The molecule has 0 radical (unpaired) electrons. The quantitative estimate of drug-likeness (QED) is 0.213. The van der Waals surface area contributed by atoms with Gasteiger partial charge in [0, 0.05) is 40.8 Å². The predicted molar refractivity (Wildman–Crippen MR) is 134 cm³/mol. The second kappa shape index (κ2) is 10.4. The number of hydrogen-bond acceptors (Lipinski definition) is 5. The van der Waals surface area contributed by atoms with Crippen LogP contribution in [0.3, 0.4) is 0 Å². The van der Waals surface area contributed by atoms with E-state index in [-0.39, 0.29) is 34.0 Å². The fourth-order valence-electron chi connectivity index (χ4n) is 4.26. The third-order valence-corrected chi connectivity index (χ3v) is 6.02. The fourth-order valence-corrected chi connectivity index (χ4v) is 4.26. The molecule has 0 unspecified atom stereocenters. The van der Waals surface area contributed by atoms with Gasteiger partial charge in [-0.25, -0.2) is 4.79 Å². The Morgan fingerprint density at radius 2 is 1.71 bits per heavy atom. The third kappa shape index (κ3) is 5.19. The maximum Gasteiger partial charge on any atom is 0.336 e. The number of hydrogen-bond donors (Lipinski definition) is 3. The third-order valence-electron chi connectivity index (χ3n) is 6.02. The van der Waals surface area contributed by atoms with Crippen molar-refractivity contribution in [2.24, 2.45) is 0 Å². The summed E-state index contributed by atoms with van der Waals surface area (Å²) in [4.78, 5) is 37.0. The van der Waals surface area contributed by atoms with Crippen LogP contribution in [0.25, 0.3) is 33.4 Å². The van der Waals surface area contributed by atoms with Crippen molar-refractivity contribution in [1.82, 2.24) is 5.32 Å². The highest BCUT2D eigenvalue weighted by Gasteiger charge is 2.23. The molecule has 0 bridgehead atoms. The first-order chi connectivity index (χ1) is 16.9. The summed E-state index contributed by atoms with van der Waals surface area (Å²) < 4.78 is 5.85. The van der Waals surface area contributed by atoms with Crippen LogP contribution in [0.2, 0.25) is 0 Å². The van der Waals surface area contributed by atoms with E-state index in [0.717, 1.165) is 25.7 Å². The molecule has 1 aliphatic carbocycles. The highest BCUT2D eigenvalue weighted by molar-refractivity contribution is 6.09. The van der Waals surface area contributed by atoms with Crippen molar-refractivity contribution < 1.29 is 24.2 Å². The molecular weight excluding hydrogens is 446 g/mol. The van der Waals surface area contributed by atoms with Gasteiger partial charge < -0.3 is 19.9 Å². The summed E-state index contributed by atoms with van der Waals surface area (Å²) in [7, 11) is 0. The number of rotatable bonds is 9. The number of aromatic carboxylic acids is 1. The van der Waals surface area contributed by atoms with E-state index in [1.807, 2.05) is 0 Å². The summed E-state index contributed by atoms with van der Waals surface area (Å²) in [5.41, 5.74) is 1.72. The van der Waals surface area contributed by atoms with Crippen LogP contribution in [0.1, 0.15) is 59.7 Å². The molecular formula is C28H27NO6. The average Bonchev–Trinajstić information content (AvgIpc) is 2.83. The van der Waals surface area contributed by atoms with Crippen LogP contribution < -0.4 is 10.7 Å². The first kappa shape index (κ1) is 24.0. The molecule has 2 aromatic carbocycles. The van der Waals surface area contributed by atoms with E-state index in [1.54, 1.807) is 18.2 Å². The second-order valence-corrected chi connectivity index (χ2v) is 8.55. The van der Waals surface area contributed by atoms with Gasteiger partial charge in [-0.1, -0.05) is 32.6 Å². The number of nitrogens with one attached hydrogen (secondary N) is 1. The summed E-state index contributed by atoms with van der Waals surface area (Å²) in [6, 6.07) is 13.3. The number of fused-ring (bicyclic) bond motifs is 2. The number of carboxylic acid groups (broad SMARTS) is 1. The Morgan fingerprint density at radius 3 is 2.49 bits per heavy atom. The standard InChI is InChI=1S/C28H27NO6/c1-2-3-4-5-6-13-29-27(32)17-7-10-20(28(33)34)23(14-17)26-21-11-8-18(30)15-24(21)35-25-16-19(31)9-12-22(25)26/h7-12,14-16,30H,2-6,13H2,1H3,(H,29,32)(H,33,34). The number of carbonyl (C=O) groups excluding carboxylic acids is 1. The lowest BCUT2D eigenvalue weighted by Crippen LogP contribution is -2.24. The number of aromatic hydroxyl groups is 1. The molecule has 1 amide bonds. The van der Waals surface area contributed by atoms with Crippen LogP contribution in [0, 0.1) is 0 Å². The summed E-state index contributed by atoms with van der Waals surface area (Å²) >= 11 is 0. The van der Waals surface area contributed by atoms with Crippen molar-refractivity contribution in [3.8, 4) is 28.2 Å². The lowest BCUT2D eigenvalue weighted by atomic mass is 9.89. The Balaban J connectivity index is 1.81. The van der Waals surface area contributed by atoms with E-state index in [4.69, 9.17) is 4.42 Å². The Labute approximate surface area is 202 Å². The molecule has 1 heterocycles. The molecule has 7 heteroatoms. The van der Waals surface area contributed by atoms with Crippen molar-refractivity contribution in [3.05, 3.63) is 75.9 Å². The van der Waals surface area contributed by atoms with Crippen LogP contribution in [0.5, 0.6) is 5.75 Å². The van der Waals surface area contributed by atoms with Gasteiger partial charge in [-0.3, -0.25) is 9.59 Å². The number of phenols is 1. The van der Waals surface area contributed by atoms with Crippen LogP contribution in [-0.4, -0.2) is 28.6 Å². The molecule has 2 aromatic rings. The van der Waals surface area contributed by atoms with Gasteiger partial charge >= 0.3 is 5.97 Å². The number of amides is 1. The normalized spacial score (nSPS) is 11.1. The van der Waals surface area contributed by atoms with E-state index in [9.17, 15) is 24.6 Å². The molecule has 35 heavy (non-hydrogen) atoms. The molecule has 0 aromatic heterocycles. The summed E-state index contributed by atoms with van der Waals surface area (Å²) in [5, 5.41) is 23.3. The van der Waals surface area contributed by atoms with E-state index < -0.39 is 5.97 Å². The molecule has 180 valence electrons. The number of unbranched alkanes of at least 4 members (excludes halogenated alkanes) is 4. The number of carboxylic acids is 1. The molecule has 0 saturated carbocycles. The topological polar surface area (TPSA) is 117 Å². The molecule has 2 aliphatic rings. The number of benzene rings is 3. The smallest absolute Gasteiger partial charge is 0.336 e. The van der Waals surface area contributed by atoms with Crippen molar-refractivity contribution in [2.75, 3.05) is 6.54 Å². The number of carbonyl (C=O) groups is 2. The molecule has 0 saturated heterocycles. The van der Waals surface area contributed by atoms with E-state index in [0.29, 0.717) is 34.2 Å². The zero-order valence-corrected chi connectivity index (χ0v) is 19.5. The largest absolute Gasteiger partial charge is 0.508 e. The fraction of sp³-hybridized carbons (Fsp3) is 0.250. The lowest BCUT2D eigenvalue weighted by molar-refractivity contribution is 0.0697. The predicted octanol–water partition coefficient (Wildman–Crippen LogP) is 5.67. The Morgan fingerprint density at radius 1 is 0.914 bits per heavy atom. The monoisotopic (exact) mass is 473 g/mol. The van der Waals surface area contributed by atoms with E-state index in [1.165, 1.54) is 42.8 Å². The minimum Gasteiger partial charge on any atom is -0.508 e. The lowest BCUT2D eigenvalue weighted by Gasteiger charge is -2.17. The van der Waals surface area contributed by atoms with Crippen molar-refractivity contribution in [3.63, 3.8) is 0 Å². The van der Waals surface area contributed by atoms with Gasteiger partial charge in [-0.15, -0.1) is 0 Å². The zero-order valence-electron chi connectivity index (χ0n) is 19.5. The zero-order chi connectivity index (χ0) is 24.9. The first-order valence-electron chi connectivity index (χ1n) is 11.7. The van der Waals surface area contributed by atoms with Crippen LogP contribution in [-0.2, 0) is 0 Å². The highest BCUT2D eigenvalue weighted by Crippen LogP contribution is 2.42. The van der Waals surface area contributed by atoms with Crippen molar-refractivity contribution in [2.45, 2.75) is 39.0 Å². The van der Waals surface area contributed by atoms with Crippen LogP contribution >= 0.6 is 0 Å². The van der Waals surface area contributed by atoms with Crippen molar-refractivity contribution in [1.29, 1.82) is 0 Å². The average molecular weight is 474 g/mol. The highest BCUT2D eigenvalue weighted by atomic mass is 16.4. The van der Waals surface area contributed by atoms with Gasteiger partial charge in [0.15, 0.2) is 5.43 Å². The SMILES string of the molecule is CCCCCCCNC(=O)c1ccc(C(=O)O)c(-c2c3ccc(=O)cc-3oc3cc(O)ccc23)c1. The van der Waals surface area contributed by atoms with Gasteiger partial charge in [0.25, 0.3) is 5.91 Å². The minimum absolute atomic E-state index is 0.00851. The number of phenolic OH excluding ortho intramolecular Hbond substituents is 1. The van der Waals surface area contributed by atoms with Crippen molar-refractivity contribution >= 4 is 22.8 Å². The molecule has 7 nitrogen and oxygen atoms in total. The van der Waals surface area contributed by atoms with Crippen LogP contribution in [0.4, 0.5) is 0 Å². The van der Waals surface area contributed by atoms with Gasteiger partial charge in [0.1, 0.15) is 17.1 Å². The minimum atomic E-state index is -1.15. The van der Waals surface area contributed by atoms with Gasteiger partial charge in [-0.2, -0.15) is 0 Å². The first-order valence-corrected chi connectivity index (χ1v) is 11.7.